The van der Waals surface area contributed by atoms with E-state index in [1.165, 1.54) is 6.33 Å². The van der Waals surface area contributed by atoms with Gasteiger partial charge in [0.15, 0.2) is 0 Å². The standard InChI is InChI=1S/C9H13ClN4O2/c1-16-3-2-11-9(15)5-12-8-4-7(10)13-6-14-8/h4,6H,2-3,5H2,1H3,(H,11,15)(H,12,13,14). The first-order valence-electron chi connectivity index (χ1n) is 4.69. The van der Waals surface area contributed by atoms with E-state index in [0.717, 1.165) is 0 Å². The molecule has 0 fully saturated rings. The summed E-state index contributed by atoms with van der Waals surface area (Å²) in [5, 5.41) is 5.82. The maximum Gasteiger partial charge on any atom is 0.239 e. The maximum absolute atomic E-state index is 11.3. The zero-order chi connectivity index (χ0) is 11.8. The van der Waals surface area contributed by atoms with E-state index < -0.39 is 0 Å². The van der Waals surface area contributed by atoms with Crippen LogP contribution in [0, 0.1) is 0 Å². The molecule has 0 saturated heterocycles. The van der Waals surface area contributed by atoms with E-state index in [4.69, 9.17) is 16.3 Å². The molecule has 1 rings (SSSR count). The van der Waals surface area contributed by atoms with Gasteiger partial charge in [0.05, 0.1) is 13.2 Å². The summed E-state index contributed by atoms with van der Waals surface area (Å²) in [7, 11) is 1.58. The van der Waals surface area contributed by atoms with Gasteiger partial charge in [0.1, 0.15) is 17.3 Å². The van der Waals surface area contributed by atoms with Crippen LogP contribution in [0.2, 0.25) is 5.15 Å². The minimum Gasteiger partial charge on any atom is -0.383 e. The van der Waals surface area contributed by atoms with Crippen molar-refractivity contribution in [1.29, 1.82) is 0 Å². The number of anilines is 1. The van der Waals surface area contributed by atoms with Crippen molar-refractivity contribution in [2.45, 2.75) is 0 Å². The number of hydrogen-bond acceptors (Lipinski definition) is 5. The largest absolute Gasteiger partial charge is 0.383 e. The molecule has 0 spiro atoms. The second-order valence-corrected chi connectivity index (χ2v) is 3.31. The second kappa shape index (κ2) is 6.97. The number of rotatable bonds is 6. The number of amides is 1. The molecule has 0 aliphatic heterocycles. The van der Waals surface area contributed by atoms with Gasteiger partial charge in [0.25, 0.3) is 0 Å². The Labute approximate surface area is 98.4 Å². The van der Waals surface area contributed by atoms with Crippen molar-refractivity contribution in [3.8, 4) is 0 Å². The first-order chi connectivity index (χ1) is 7.72. The molecular formula is C9H13ClN4O2. The van der Waals surface area contributed by atoms with E-state index in [1.807, 2.05) is 0 Å². The highest BCUT2D eigenvalue weighted by molar-refractivity contribution is 6.29. The molecule has 0 aliphatic carbocycles. The van der Waals surface area contributed by atoms with E-state index in [-0.39, 0.29) is 12.5 Å². The summed E-state index contributed by atoms with van der Waals surface area (Å²) >= 11 is 5.65. The number of carbonyl (C=O) groups is 1. The topological polar surface area (TPSA) is 76.1 Å². The lowest BCUT2D eigenvalue weighted by molar-refractivity contribution is -0.119. The number of aromatic nitrogens is 2. The molecule has 6 nitrogen and oxygen atoms in total. The van der Waals surface area contributed by atoms with Gasteiger partial charge in [-0.15, -0.1) is 0 Å². The summed E-state index contributed by atoms with van der Waals surface area (Å²) in [6, 6.07) is 1.55. The fraction of sp³-hybridized carbons (Fsp3) is 0.444. The van der Waals surface area contributed by atoms with E-state index >= 15 is 0 Å². The molecule has 0 aliphatic rings. The fourth-order valence-electron chi connectivity index (χ4n) is 0.956. The Morgan fingerprint density at radius 3 is 3.06 bits per heavy atom. The van der Waals surface area contributed by atoms with Crippen molar-refractivity contribution in [1.82, 2.24) is 15.3 Å². The van der Waals surface area contributed by atoms with E-state index in [2.05, 4.69) is 20.6 Å². The summed E-state index contributed by atoms with van der Waals surface area (Å²) in [6.07, 6.45) is 1.33. The summed E-state index contributed by atoms with van der Waals surface area (Å²) in [4.78, 5) is 18.9. The highest BCUT2D eigenvalue weighted by Gasteiger charge is 2.01. The number of ether oxygens (including phenoxy) is 1. The zero-order valence-corrected chi connectivity index (χ0v) is 9.62. The van der Waals surface area contributed by atoms with Crippen LogP contribution < -0.4 is 10.6 Å². The molecule has 0 bridgehead atoms. The zero-order valence-electron chi connectivity index (χ0n) is 8.86. The third-order valence-electron chi connectivity index (χ3n) is 1.69. The minimum absolute atomic E-state index is 0.133. The van der Waals surface area contributed by atoms with Crippen molar-refractivity contribution in [3.63, 3.8) is 0 Å². The molecule has 16 heavy (non-hydrogen) atoms. The van der Waals surface area contributed by atoms with Crippen LogP contribution in [-0.4, -0.2) is 42.7 Å². The SMILES string of the molecule is COCCNC(=O)CNc1cc(Cl)ncn1. The summed E-state index contributed by atoms with van der Waals surface area (Å²) in [5.41, 5.74) is 0. The van der Waals surface area contributed by atoms with Gasteiger partial charge in [-0.2, -0.15) is 0 Å². The molecular weight excluding hydrogens is 232 g/mol. The first kappa shape index (κ1) is 12.7. The van der Waals surface area contributed by atoms with Crippen molar-refractivity contribution >= 4 is 23.3 Å². The molecule has 1 amide bonds. The quantitative estimate of drug-likeness (QED) is 0.556. The van der Waals surface area contributed by atoms with Crippen LogP contribution in [0.5, 0.6) is 0 Å². The van der Waals surface area contributed by atoms with E-state index in [1.54, 1.807) is 13.2 Å². The molecule has 0 saturated carbocycles. The van der Waals surface area contributed by atoms with Crippen molar-refractivity contribution < 1.29 is 9.53 Å². The Morgan fingerprint density at radius 1 is 1.56 bits per heavy atom. The van der Waals surface area contributed by atoms with Crippen molar-refractivity contribution in [2.75, 3.05) is 32.1 Å². The average molecular weight is 245 g/mol. The van der Waals surface area contributed by atoms with Crippen LogP contribution in [0.4, 0.5) is 5.82 Å². The average Bonchev–Trinajstić information content (AvgIpc) is 2.27. The molecule has 1 aromatic heterocycles. The molecule has 0 atom stereocenters. The summed E-state index contributed by atoms with van der Waals surface area (Å²) < 4.78 is 4.80. The summed E-state index contributed by atoms with van der Waals surface area (Å²) in [6.45, 7) is 1.11. The third-order valence-corrected chi connectivity index (χ3v) is 1.90. The Bertz CT molecular complexity index is 348. The van der Waals surface area contributed by atoms with Crippen LogP contribution in [0.25, 0.3) is 0 Å². The first-order valence-corrected chi connectivity index (χ1v) is 5.07. The van der Waals surface area contributed by atoms with E-state index in [9.17, 15) is 4.79 Å². The molecule has 88 valence electrons. The van der Waals surface area contributed by atoms with Gasteiger partial charge in [-0.3, -0.25) is 4.79 Å². The van der Waals surface area contributed by atoms with Gasteiger partial charge < -0.3 is 15.4 Å². The van der Waals surface area contributed by atoms with Crippen LogP contribution in [0.3, 0.4) is 0 Å². The van der Waals surface area contributed by atoms with Gasteiger partial charge in [0, 0.05) is 19.7 Å². The van der Waals surface area contributed by atoms with E-state index in [0.29, 0.717) is 24.1 Å². The Morgan fingerprint density at radius 2 is 2.38 bits per heavy atom. The molecule has 1 aromatic rings. The molecule has 0 aromatic carbocycles. The molecule has 1 heterocycles. The lowest BCUT2D eigenvalue weighted by Crippen LogP contribution is -2.32. The summed E-state index contributed by atoms with van der Waals surface area (Å²) in [5.74, 6) is 0.383. The van der Waals surface area contributed by atoms with Gasteiger partial charge >= 0.3 is 0 Å². The van der Waals surface area contributed by atoms with Crippen LogP contribution in [0.15, 0.2) is 12.4 Å². The van der Waals surface area contributed by atoms with Gasteiger partial charge in [-0.1, -0.05) is 11.6 Å². The Kier molecular flexibility index (Phi) is 5.52. The molecule has 2 N–H and O–H groups in total. The maximum atomic E-state index is 11.3. The fourth-order valence-corrected chi connectivity index (χ4v) is 1.10. The van der Waals surface area contributed by atoms with Gasteiger partial charge in [0.2, 0.25) is 5.91 Å². The lowest BCUT2D eigenvalue weighted by atomic mass is 10.5. The lowest BCUT2D eigenvalue weighted by Gasteiger charge is -2.06. The normalized spacial score (nSPS) is 9.88. The molecule has 0 radical (unpaired) electrons. The van der Waals surface area contributed by atoms with Crippen LogP contribution >= 0.6 is 11.6 Å². The van der Waals surface area contributed by atoms with Crippen molar-refractivity contribution in [3.05, 3.63) is 17.5 Å². The smallest absolute Gasteiger partial charge is 0.239 e. The Hall–Kier alpha value is -1.40. The predicted octanol–water partition coefficient (Wildman–Crippen LogP) is 0.304. The molecule has 0 unspecified atom stereocenters. The second-order valence-electron chi connectivity index (χ2n) is 2.92. The Balaban J connectivity index is 2.26. The predicted molar refractivity (Wildman–Crippen MR) is 60.4 cm³/mol. The number of hydrogen-bond donors (Lipinski definition) is 2. The van der Waals surface area contributed by atoms with Gasteiger partial charge in [-0.25, -0.2) is 9.97 Å². The van der Waals surface area contributed by atoms with Crippen LogP contribution in [0.1, 0.15) is 0 Å². The third kappa shape index (κ3) is 4.90. The van der Waals surface area contributed by atoms with Crippen LogP contribution in [-0.2, 0) is 9.53 Å². The number of nitrogens with zero attached hydrogens (tertiary/aromatic N) is 2. The number of methoxy groups -OCH3 is 1. The number of halogens is 1. The van der Waals surface area contributed by atoms with Crippen molar-refractivity contribution in [2.24, 2.45) is 0 Å². The van der Waals surface area contributed by atoms with Gasteiger partial charge in [-0.05, 0) is 0 Å². The number of nitrogens with one attached hydrogen (secondary N) is 2. The molecule has 7 heteroatoms. The monoisotopic (exact) mass is 244 g/mol. The minimum atomic E-state index is -0.133. The highest BCUT2D eigenvalue weighted by Crippen LogP contribution is 2.07. The number of carbonyl (C=O) groups excluding carboxylic acids is 1. The highest BCUT2D eigenvalue weighted by atomic mass is 35.5.